The summed E-state index contributed by atoms with van der Waals surface area (Å²) in [5.74, 6) is 2.61. The van der Waals surface area contributed by atoms with Crippen molar-refractivity contribution in [3.8, 4) is 28.3 Å². The average molecular weight is 682 g/mol. The van der Waals surface area contributed by atoms with E-state index >= 15 is 0 Å². The second kappa shape index (κ2) is 16.9. The van der Waals surface area contributed by atoms with Crippen LogP contribution < -0.4 is 9.64 Å². The van der Waals surface area contributed by atoms with Gasteiger partial charge in [-0.05, 0) is 73.4 Å². The Morgan fingerprint density at radius 2 is 1.65 bits per heavy atom. The van der Waals surface area contributed by atoms with Gasteiger partial charge in [0.15, 0.2) is 5.15 Å². The molecule has 0 atom stereocenters. The SMILES string of the molecule is CCCCc1nc(Cl)c(CN(C)CCCCN2CCN(c3ccccc3OC)CC2)n1Cc1ccc(-c2ccccc2-c2nn[nH]n2)cc1. The Labute approximate surface area is 295 Å². The van der Waals surface area contributed by atoms with Crippen LogP contribution in [0.15, 0.2) is 72.8 Å². The predicted molar refractivity (Wildman–Crippen MR) is 197 cm³/mol. The number of unbranched alkanes of at least 4 members (excludes halogenated alkanes) is 2. The minimum absolute atomic E-state index is 0.588. The lowest BCUT2D eigenvalue weighted by atomic mass is 9.98. The second-order valence-corrected chi connectivity index (χ2v) is 13.2. The molecule has 3 heterocycles. The van der Waals surface area contributed by atoms with Crippen LogP contribution in [0.1, 0.15) is 49.7 Å². The van der Waals surface area contributed by atoms with Gasteiger partial charge in [-0.2, -0.15) is 5.21 Å². The normalized spacial score (nSPS) is 13.8. The molecule has 0 bridgehead atoms. The molecular formula is C38H48ClN9O. The number of tetrazole rings is 1. The summed E-state index contributed by atoms with van der Waals surface area (Å²) in [5, 5.41) is 15.3. The third-order valence-corrected chi connectivity index (χ3v) is 9.76. The molecule has 3 aromatic carbocycles. The van der Waals surface area contributed by atoms with Gasteiger partial charge in [0.1, 0.15) is 11.6 Å². The number of aromatic amines is 1. The highest BCUT2D eigenvalue weighted by Crippen LogP contribution is 2.31. The Hall–Kier alpha value is -4.25. The second-order valence-electron chi connectivity index (χ2n) is 12.9. The van der Waals surface area contributed by atoms with Crippen LogP contribution in [0.4, 0.5) is 5.69 Å². The molecule has 1 saturated heterocycles. The fourth-order valence-electron chi connectivity index (χ4n) is 6.70. The molecule has 0 aliphatic carbocycles. The molecule has 1 fully saturated rings. The molecule has 10 nitrogen and oxygen atoms in total. The van der Waals surface area contributed by atoms with Gasteiger partial charge in [0.25, 0.3) is 0 Å². The number of benzene rings is 3. The van der Waals surface area contributed by atoms with Crippen molar-refractivity contribution < 1.29 is 4.74 Å². The summed E-state index contributed by atoms with van der Waals surface area (Å²) in [4.78, 5) is 12.3. The van der Waals surface area contributed by atoms with Gasteiger partial charge in [0.2, 0.25) is 5.82 Å². The van der Waals surface area contributed by atoms with Gasteiger partial charge in [-0.25, -0.2) is 4.98 Å². The fourth-order valence-corrected chi connectivity index (χ4v) is 6.96. The molecule has 2 aromatic heterocycles. The highest BCUT2D eigenvalue weighted by atomic mass is 35.5. The lowest BCUT2D eigenvalue weighted by molar-refractivity contribution is 0.241. The van der Waals surface area contributed by atoms with Crippen molar-refractivity contribution in [1.82, 2.24) is 40.0 Å². The summed E-state index contributed by atoms with van der Waals surface area (Å²) in [6.07, 6.45) is 5.44. The maximum atomic E-state index is 6.85. The van der Waals surface area contributed by atoms with Gasteiger partial charge in [-0.15, -0.1) is 10.2 Å². The van der Waals surface area contributed by atoms with Crippen LogP contribution >= 0.6 is 11.6 Å². The molecule has 1 aliphatic rings. The van der Waals surface area contributed by atoms with Crippen LogP contribution in [-0.4, -0.2) is 93.4 Å². The maximum Gasteiger partial charge on any atom is 0.205 e. The first-order valence-electron chi connectivity index (χ1n) is 17.5. The van der Waals surface area contributed by atoms with Gasteiger partial charge >= 0.3 is 0 Å². The quantitative estimate of drug-likeness (QED) is 0.114. The predicted octanol–water partition coefficient (Wildman–Crippen LogP) is 6.82. The van der Waals surface area contributed by atoms with Gasteiger partial charge in [-0.3, -0.25) is 4.90 Å². The Morgan fingerprint density at radius 1 is 0.898 bits per heavy atom. The number of halogens is 1. The van der Waals surface area contributed by atoms with Gasteiger partial charge in [-0.1, -0.05) is 85.6 Å². The molecular weight excluding hydrogens is 634 g/mol. The van der Waals surface area contributed by atoms with Crippen molar-refractivity contribution in [3.63, 3.8) is 0 Å². The summed E-state index contributed by atoms with van der Waals surface area (Å²) in [6.45, 7) is 10.1. The van der Waals surface area contributed by atoms with Crippen LogP contribution in [0, 0.1) is 0 Å². The van der Waals surface area contributed by atoms with Crippen LogP contribution in [0.5, 0.6) is 5.75 Å². The zero-order valence-corrected chi connectivity index (χ0v) is 29.7. The number of H-pyrrole nitrogens is 1. The van der Waals surface area contributed by atoms with Crippen LogP contribution in [0.25, 0.3) is 22.5 Å². The number of piperazine rings is 1. The minimum Gasteiger partial charge on any atom is -0.495 e. The van der Waals surface area contributed by atoms with Gasteiger partial charge in [0, 0.05) is 51.3 Å². The highest BCUT2D eigenvalue weighted by Gasteiger charge is 2.20. The van der Waals surface area contributed by atoms with E-state index in [9.17, 15) is 0 Å². The number of hydrogen-bond donors (Lipinski definition) is 1. The van der Waals surface area contributed by atoms with E-state index in [4.69, 9.17) is 21.3 Å². The molecule has 0 spiro atoms. The number of anilines is 1. The van der Waals surface area contributed by atoms with Crippen molar-refractivity contribution in [2.45, 2.75) is 52.1 Å². The lowest BCUT2D eigenvalue weighted by Crippen LogP contribution is -2.46. The molecule has 0 amide bonds. The van der Waals surface area contributed by atoms with Crippen molar-refractivity contribution in [2.24, 2.45) is 0 Å². The number of para-hydroxylation sites is 2. The zero-order valence-electron chi connectivity index (χ0n) is 29.0. The van der Waals surface area contributed by atoms with Crippen molar-refractivity contribution in [3.05, 3.63) is 95.0 Å². The Balaban J connectivity index is 1.04. The number of nitrogens with one attached hydrogen (secondary N) is 1. The maximum absolute atomic E-state index is 6.85. The average Bonchev–Trinajstić information content (AvgIpc) is 3.78. The number of methoxy groups -OCH3 is 1. The van der Waals surface area contributed by atoms with Crippen molar-refractivity contribution in [2.75, 3.05) is 58.3 Å². The fraction of sp³-hybridized carbons (Fsp3) is 0.421. The molecule has 11 heteroatoms. The standard InChI is InChI=1S/C38H48ClN9O/c1-4-5-16-36-40-37(39)34(28-45(2)21-10-11-22-46-23-25-47(26-24-46)33-14-8-9-15-35(33)49-3)48(36)27-29-17-19-30(20-18-29)31-12-6-7-13-32(31)38-41-43-44-42-38/h6-9,12-15,17-20H,4-5,10-11,16,21-28H2,1-3H3,(H,41,42,43,44). The highest BCUT2D eigenvalue weighted by molar-refractivity contribution is 6.30. The summed E-state index contributed by atoms with van der Waals surface area (Å²) in [5.41, 5.74) is 6.63. The number of aryl methyl sites for hydroxylation is 1. The molecule has 258 valence electrons. The van der Waals surface area contributed by atoms with E-state index in [0.717, 1.165) is 112 Å². The van der Waals surface area contributed by atoms with Crippen LogP contribution in [0.3, 0.4) is 0 Å². The molecule has 0 radical (unpaired) electrons. The Kier molecular flexibility index (Phi) is 11.9. The summed E-state index contributed by atoms with van der Waals surface area (Å²) >= 11 is 6.85. The van der Waals surface area contributed by atoms with Crippen LogP contribution in [0.2, 0.25) is 5.15 Å². The molecule has 1 N–H and O–H groups in total. The summed E-state index contributed by atoms with van der Waals surface area (Å²) < 4.78 is 7.93. The number of rotatable bonds is 16. The third-order valence-electron chi connectivity index (χ3n) is 9.46. The van der Waals surface area contributed by atoms with Gasteiger partial charge < -0.3 is 19.1 Å². The number of hydrogen-bond acceptors (Lipinski definition) is 8. The van der Waals surface area contributed by atoms with Crippen molar-refractivity contribution >= 4 is 17.3 Å². The molecule has 5 aromatic rings. The summed E-state index contributed by atoms with van der Waals surface area (Å²) in [6, 6.07) is 25.2. The van der Waals surface area contributed by atoms with E-state index in [1.54, 1.807) is 7.11 Å². The number of ether oxygens (including phenoxy) is 1. The largest absolute Gasteiger partial charge is 0.495 e. The monoisotopic (exact) mass is 681 g/mol. The van der Waals surface area contributed by atoms with Gasteiger partial charge in [0.05, 0.1) is 18.5 Å². The minimum atomic E-state index is 0.588. The molecule has 1 aliphatic heterocycles. The summed E-state index contributed by atoms with van der Waals surface area (Å²) in [7, 11) is 3.95. The number of aromatic nitrogens is 6. The Bertz CT molecular complexity index is 1750. The molecule has 0 saturated carbocycles. The first-order valence-corrected chi connectivity index (χ1v) is 17.9. The molecule has 0 unspecified atom stereocenters. The first-order chi connectivity index (χ1) is 24.0. The van der Waals surface area contributed by atoms with E-state index in [1.807, 2.05) is 30.3 Å². The number of imidazole rings is 1. The Morgan fingerprint density at radius 3 is 2.39 bits per heavy atom. The third kappa shape index (κ3) is 8.68. The lowest BCUT2D eigenvalue weighted by Gasteiger charge is -2.36. The van der Waals surface area contributed by atoms with Crippen LogP contribution in [-0.2, 0) is 19.5 Å². The topological polar surface area (TPSA) is 91.2 Å². The van der Waals surface area contributed by atoms with Crippen molar-refractivity contribution in [1.29, 1.82) is 0 Å². The zero-order chi connectivity index (χ0) is 34.0. The van der Waals surface area contributed by atoms with E-state index in [1.165, 1.54) is 17.7 Å². The van der Waals surface area contributed by atoms with E-state index < -0.39 is 0 Å². The smallest absolute Gasteiger partial charge is 0.205 e. The first kappa shape index (κ1) is 34.6. The molecule has 6 rings (SSSR count). The number of nitrogens with zero attached hydrogens (tertiary/aromatic N) is 8. The van der Waals surface area contributed by atoms with E-state index in [0.29, 0.717) is 11.0 Å². The van der Waals surface area contributed by atoms with E-state index in [2.05, 4.69) is 96.3 Å². The van der Waals surface area contributed by atoms with E-state index in [-0.39, 0.29) is 0 Å². The molecule has 49 heavy (non-hydrogen) atoms.